The average molecular weight is 395 g/mol. The molecule has 4 saturated carbocycles. The van der Waals surface area contributed by atoms with Crippen molar-refractivity contribution in [2.75, 3.05) is 13.1 Å². The third kappa shape index (κ3) is 4.61. The number of nitrogens with one attached hydrogen (secondary N) is 4. The fourth-order valence-electron chi connectivity index (χ4n) is 5.94. The molecule has 0 aromatic carbocycles. The Morgan fingerprint density at radius 1 is 0.654 bits per heavy atom. The standard InChI is InChI=1S/C20H34N4S2/c25-19(23-17-11-13-3-5-15(17)9-13)21-7-1-2-8-22-20(26)24-18-12-14-4-6-16(18)10-14/h13-18H,1-12H2,(H2,21,23,25)(H2,22,24,26)/t13-,14-,15-,16-,17-,18+/m1/s1. The summed E-state index contributed by atoms with van der Waals surface area (Å²) in [7, 11) is 0. The molecule has 0 unspecified atom stereocenters. The first-order chi connectivity index (χ1) is 12.7. The Bertz CT molecular complexity index is 480. The maximum atomic E-state index is 5.46. The fourth-order valence-corrected chi connectivity index (χ4v) is 6.44. The summed E-state index contributed by atoms with van der Waals surface area (Å²) in [4.78, 5) is 0. The summed E-state index contributed by atoms with van der Waals surface area (Å²) in [6, 6.07) is 1.26. The molecule has 0 radical (unpaired) electrons. The van der Waals surface area contributed by atoms with Gasteiger partial charge in [-0.25, -0.2) is 0 Å². The number of hydrogen-bond acceptors (Lipinski definition) is 2. The molecule has 0 saturated heterocycles. The van der Waals surface area contributed by atoms with Gasteiger partial charge in [0.2, 0.25) is 0 Å². The molecular formula is C20H34N4S2. The fraction of sp³-hybridized carbons (Fsp3) is 0.900. The first-order valence-corrected chi connectivity index (χ1v) is 11.6. The summed E-state index contributed by atoms with van der Waals surface area (Å²) in [5.74, 6) is 3.66. The molecule has 4 fully saturated rings. The Labute approximate surface area is 169 Å². The summed E-state index contributed by atoms with van der Waals surface area (Å²) in [6.45, 7) is 1.89. The van der Waals surface area contributed by atoms with Crippen molar-refractivity contribution in [1.29, 1.82) is 0 Å². The van der Waals surface area contributed by atoms with Gasteiger partial charge >= 0.3 is 0 Å². The molecule has 4 N–H and O–H groups in total. The van der Waals surface area contributed by atoms with Crippen molar-refractivity contribution in [2.24, 2.45) is 23.7 Å². The zero-order valence-corrected chi connectivity index (χ0v) is 17.4. The number of rotatable bonds is 7. The molecule has 0 aromatic rings. The van der Waals surface area contributed by atoms with E-state index in [2.05, 4.69) is 21.3 Å². The molecule has 0 aliphatic heterocycles. The van der Waals surface area contributed by atoms with Crippen molar-refractivity contribution in [2.45, 2.75) is 76.3 Å². The van der Waals surface area contributed by atoms with E-state index in [9.17, 15) is 0 Å². The third-order valence-electron chi connectivity index (χ3n) is 7.28. The molecule has 4 aliphatic rings. The van der Waals surface area contributed by atoms with E-state index in [0.717, 1.165) is 59.8 Å². The van der Waals surface area contributed by atoms with Crippen molar-refractivity contribution in [1.82, 2.24) is 21.3 Å². The van der Waals surface area contributed by atoms with Crippen molar-refractivity contribution in [3.63, 3.8) is 0 Å². The molecular weight excluding hydrogens is 360 g/mol. The monoisotopic (exact) mass is 394 g/mol. The molecule has 0 amide bonds. The number of thiocarbonyl (C=S) groups is 2. The summed E-state index contributed by atoms with van der Waals surface area (Å²) in [5, 5.41) is 15.6. The van der Waals surface area contributed by atoms with Crippen molar-refractivity contribution in [3.8, 4) is 0 Å². The van der Waals surface area contributed by atoms with Gasteiger partial charge in [0.15, 0.2) is 10.2 Å². The van der Waals surface area contributed by atoms with E-state index in [0.29, 0.717) is 12.1 Å². The number of unbranched alkanes of at least 4 members (excludes halogenated alkanes) is 1. The summed E-state index contributed by atoms with van der Waals surface area (Å²) < 4.78 is 0. The van der Waals surface area contributed by atoms with Gasteiger partial charge in [0.1, 0.15) is 0 Å². The largest absolute Gasteiger partial charge is 0.363 e. The molecule has 6 heteroatoms. The summed E-state index contributed by atoms with van der Waals surface area (Å²) in [5.41, 5.74) is 0. The van der Waals surface area contributed by atoms with Crippen LogP contribution in [0.2, 0.25) is 0 Å². The maximum Gasteiger partial charge on any atom is 0.166 e. The van der Waals surface area contributed by atoms with Crippen LogP contribution in [-0.4, -0.2) is 35.4 Å². The van der Waals surface area contributed by atoms with E-state index in [4.69, 9.17) is 24.4 Å². The smallest absolute Gasteiger partial charge is 0.166 e. The topological polar surface area (TPSA) is 48.1 Å². The third-order valence-corrected chi connectivity index (χ3v) is 7.81. The lowest BCUT2D eigenvalue weighted by Gasteiger charge is -2.25. The van der Waals surface area contributed by atoms with Gasteiger partial charge in [0.05, 0.1) is 0 Å². The van der Waals surface area contributed by atoms with Crippen LogP contribution in [0.15, 0.2) is 0 Å². The minimum Gasteiger partial charge on any atom is -0.363 e. The van der Waals surface area contributed by atoms with Crippen molar-refractivity contribution in [3.05, 3.63) is 0 Å². The van der Waals surface area contributed by atoms with Gasteiger partial charge < -0.3 is 21.3 Å². The molecule has 0 aromatic heterocycles. The van der Waals surface area contributed by atoms with Crippen LogP contribution in [0.1, 0.15) is 64.2 Å². The van der Waals surface area contributed by atoms with Gasteiger partial charge in [-0.05, 0) is 99.5 Å². The lowest BCUT2D eigenvalue weighted by atomic mass is 9.96. The minimum atomic E-state index is 0.629. The average Bonchev–Trinajstić information content (AvgIpc) is 3.38. The second-order valence-electron chi connectivity index (χ2n) is 9.07. The quantitative estimate of drug-likeness (QED) is 0.393. The molecule has 4 nitrogen and oxygen atoms in total. The molecule has 4 aliphatic carbocycles. The van der Waals surface area contributed by atoms with Crippen molar-refractivity contribution < 1.29 is 0 Å². The van der Waals surface area contributed by atoms with Crippen LogP contribution in [0.4, 0.5) is 0 Å². The molecule has 4 bridgehead atoms. The highest BCUT2D eigenvalue weighted by Gasteiger charge is 2.40. The van der Waals surface area contributed by atoms with Gasteiger partial charge in [0.25, 0.3) is 0 Å². The zero-order valence-electron chi connectivity index (χ0n) is 15.8. The van der Waals surface area contributed by atoms with Gasteiger partial charge in [-0.1, -0.05) is 12.8 Å². The van der Waals surface area contributed by atoms with Crippen LogP contribution in [0.3, 0.4) is 0 Å². The molecule has 0 spiro atoms. The van der Waals surface area contributed by atoms with Crippen molar-refractivity contribution >= 4 is 34.7 Å². The molecule has 6 atom stereocenters. The zero-order chi connectivity index (χ0) is 17.9. The van der Waals surface area contributed by atoms with E-state index in [1.54, 1.807) is 0 Å². The van der Waals surface area contributed by atoms with Gasteiger partial charge in [-0.15, -0.1) is 0 Å². The van der Waals surface area contributed by atoms with Gasteiger partial charge in [0, 0.05) is 25.2 Å². The van der Waals surface area contributed by atoms with Crippen LogP contribution in [-0.2, 0) is 0 Å². The van der Waals surface area contributed by atoms with Crippen LogP contribution in [0, 0.1) is 23.7 Å². The Hall–Kier alpha value is -0.620. The van der Waals surface area contributed by atoms with E-state index in [1.165, 1.54) is 51.4 Å². The highest BCUT2D eigenvalue weighted by molar-refractivity contribution is 7.80. The normalized spacial score (nSPS) is 36.9. The lowest BCUT2D eigenvalue weighted by Crippen LogP contribution is -2.45. The van der Waals surface area contributed by atoms with Gasteiger partial charge in [-0.2, -0.15) is 0 Å². The Morgan fingerprint density at radius 2 is 1.12 bits per heavy atom. The second kappa shape index (κ2) is 8.59. The Kier molecular flexibility index (Phi) is 6.19. The lowest BCUT2D eigenvalue weighted by molar-refractivity contribution is 0.388. The van der Waals surface area contributed by atoms with Gasteiger partial charge in [-0.3, -0.25) is 0 Å². The molecule has 0 heterocycles. The predicted octanol–water partition coefficient (Wildman–Crippen LogP) is 3.07. The SMILES string of the molecule is S=C(NCCCCNC(=S)N[C@@H]1C[C@@H]2CC[C@@H]1C2)N[C@H]1C[C@@H]2CC[C@@H]1C2. The van der Waals surface area contributed by atoms with Crippen LogP contribution in [0.5, 0.6) is 0 Å². The first-order valence-electron chi connectivity index (χ1n) is 10.8. The summed E-state index contributed by atoms with van der Waals surface area (Å²) in [6.07, 6.45) is 13.4. The summed E-state index contributed by atoms with van der Waals surface area (Å²) >= 11 is 10.9. The van der Waals surface area contributed by atoms with E-state index in [-0.39, 0.29) is 0 Å². The number of fused-ring (bicyclic) bond motifs is 4. The van der Waals surface area contributed by atoms with Crippen LogP contribution >= 0.6 is 24.4 Å². The van der Waals surface area contributed by atoms with Crippen LogP contribution < -0.4 is 21.3 Å². The second-order valence-corrected chi connectivity index (χ2v) is 9.89. The van der Waals surface area contributed by atoms with Crippen LogP contribution in [0.25, 0.3) is 0 Å². The minimum absolute atomic E-state index is 0.629. The highest BCUT2D eigenvalue weighted by Crippen LogP contribution is 2.45. The maximum absolute atomic E-state index is 5.46. The van der Waals surface area contributed by atoms with E-state index < -0.39 is 0 Å². The Balaban J connectivity index is 1.01. The number of hydrogen-bond donors (Lipinski definition) is 4. The van der Waals surface area contributed by atoms with E-state index in [1.807, 2.05) is 0 Å². The molecule has 146 valence electrons. The molecule has 26 heavy (non-hydrogen) atoms. The first kappa shape index (κ1) is 18.7. The van der Waals surface area contributed by atoms with E-state index >= 15 is 0 Å². The predicted molar refractivity (Wildman–Crippen MR) is 115 cm³/mol. The Morgan fingerprint density at radius 3 is 1.46 bits per heavy atom. The molecule has 4 rings (SSSR count). The highest BCUT2D eigenvalue weighted by atomic mass is 32.1.